The van der Waals surface area contributed by atoms with Crippen LogP contribution < -0.4 is 0 Å². The largest absolute Gasteiger partial charge is 0.308 e. The molecule has 7 heteroatoms. The fourth-order valence-corrected chi connectivity index (χ4v) is 14.1. The summed E-state index contributed by atoms with van der Waals surface area (Å²) in [6, 6.07) is 75.0. The first-order valence-electron chi connectivity index (χ1n) is 26.1. The Morgan fingerprint density at radius 1 is 0.312 bits per heavy atom. The quantitative estimate of drug-likeness (QED) is 0.161. The molecule has 0 bridgehead atoms. The van der Waals surface area contributed by atoms with Crippen LogP contribution in [0, 0.1) is 11.3 Å². The molecule has 0 spiro atoms. The van der Waals surface area contributed by atoms with Gasteiger partial charge in [-0.2, -0.15) is 5.26 Å². The van der Waals surface area contributed by atoms with E-state index in [0.29, 0.717) is 5.56 Å². The SMILES string of the molecule is N#Cc1c(-n2c3cccc4c5cccnc5c5cccc2c5c43)c(-c2ccccc2)c(-n2c3cccc4c5ccncc5c5cccc2c5c43)c(-c2ccccc2)c1-n1c2cccc3c4ccccc4c4ccnc1c4c32. The molecule has 77 heavy (non-hydrogen) atoms. The molecule has 352 valence electrons. The number of aromatic nitrogens is 6. The Balaban J connectivity index is 1.17. The van der Waals surface area contributed by atoms with E-state index in [-0.39, 0.29) is 0 Å². The van der Waals surface area contributed by atoms with Crippen molar-refractivity contribution in [1.29, 1.82) is 5.26 Å². The lowest BCUT2D eigenvalue weighted by Gasteiger charge is -2.28. The Hall–Kier alpha value is -10.7. The maximum Gasteiger partial charge on any atom is 0.146 e. The zero-order valence-corrected chi connectivity index (χ0v) is 41.0. The highest BCUT2D eigenvalue weighted by Gasteiger charge is 2.35. The summed E-state index contributed by atoms with van der Waals surface area (Å²) in [6.45, 7) is 0. The van der Waals surface area contributed by atoms with E-state index in [4.69, 9.17) is 15.0 Å². The van der Waals surface area contributed by atoms with E-state index in [0.717, 1.165) is 148 Å². The highest BCUT2D eigenvalue weighted by molar-refractivity contribution is 6.37. The first-order chi connectivity index (χ1) is 38.3. The van der Waals surface area contributed by atoms with Gasteiger partial charge in [-0.25, -0.2) is 4.98 Å². The molecule has 0 fully saturated rings. The smallest absolute Gasteiger partial charge is 0.146 e. The van der Waals surface area contributed by atoms with Crippen LogP contribution in [0.1, 0.15) is 5.56 Å². The van der Waals surface area contributed by atoms with E-state index < -0.39 is 0 Å². The highest BCUT2D eigenvalue weighted by Crippen LogP contribution is 2.55. The number of hydrogen-bond acceptors (Lipinski definition) is 4. The van der Waals surface area contributed by atoms with Gasteiger partial charge in [0, 0.05) is 84.4 Å². The monoisotopic (exact) mass is 975 g/mol. The van der Waals surface area contributed by atoms with Crippen molar-refractivity contribution in [3.8, 4) is 45.4 Å². The first kappa shape index (κ1) is 40.8. The lowest BCUT2D eigenvalue weighted by Crippen LogP contribution is -2.13. The first-order valence-corrected chi connectivity index (χ1v) is 26.1. The average Bonchev–Trinajstić information content (AvgIpc) is 4.32. The molecule has 7 nitrogen and oxygen atoms in total. The molecule has 12 aromatic carbocycles. The minimum absolute atomic E-state index is 0.522. The molecule has 0 saturated carbocycles. The van der Waals surface area contributed by atoms with Crippen molar-refractivity contribution in [2.24, 2.45) is 0 Å². The third-order valence-corrected chi connectivity index (χ3v) is 16.9. The van der Waals surface area contributed by atoms with Gasteiger partial charge < -0.3 is 9.13 Å². The molecule has 0 atom stereocenters. The van der Waals surface area contributed by atoms with Gasteiger partial charge in [0.25, 0.3) is 0 Å². The van der Waals surface area contributed by atoms with Crippen LogP contribution >= 0.6 is 0 Å². The summed E-state index contributed by atoms with van der Waals surface area (Å²) in [6.07, 6.45) is 7.75. The molecule has 0 amide bonds. The maximum atomic E-state index is 12.8. The molecule has 18 rings (SSSR count). The van der Waals surface area contributed by atoms with Gasteiger partial charge in [0.05, 0.1) is 50.2 Å². The lowest BCUT2D eigenvalue weighted by molar-refractivity contribution is 1.08. The van der Waals surface area contributed by atoms with Gasteiger partial charge in [0.15, 0.2) is 0 Å². The lowest BCUT2D eigenvalue weighted by atomic mass is 9.88. The van der Waals surface area contributed by atoms with Crippen molar-refractivity contribution in [1.82, 2.24) is 28.7 Å². The second-order valence-electron chi connectivity index (χ2n) is 20.4. The van der Waals surface area contributed by atoms with Gasteiger partial charge in [-0.05, 0) is 103 Å². The Kier molecular flexibility index (Phi) is 7.81. The minimum atomic E-state index is 0.522. The van der Waals surface area contributed by atoms with Crippen LogP contribution in [0.15, 0.2) is 225 Å². The maximum absolute atomic E-state index is 12.8. The Morgan fingerprint density at radius 3 is 1.34 bits per heavy atom. The summed E-state index contributed by atoms with van der Waals surface area (Å²) in [5.74, 6) is 0. The van der Waals surface area contributed by atoms with Crippen molar-refractivity contribution in [3.63, 3.8) is 0 Å². The Bertz CT molecular complexity index is 5070. The molecular weight excluding hydrogens is 939 g/mol. The third-order valence-electron chi connectivity index (χ3n) is 16.9. The van der Waals surface area contributed by atoms with E-state index in [9.17, 15) is 5.26 Å². The van der Waals surface area contributed by atoms with Crippen LogP contribution in [-0.2, 0) is 0 Å². The predicted molar refractivity (Wildman–Crippen MR) is 317 cm³/mol. The summed E-state index contributed by atoms with van der Waals surface area (Å²) in [4.78, 5) is 15.2. The molecule has 18 aromatic rings. The second kappa shape index (κ2) is 14.8. The topological polar surface area (TPSA) is 77.2 Å². The van der Waals surface area contributed by atoms with Crippen LogP contribution in [0.2, 0.25) is 0 Å². The summed E-state index contributed by atoms with van der Waals surface area (Å²) in [5.41, 5.74) is 13.6. The summed E-state index contributed by atoms with van der Waals surface area (Å²) < 4.78 is 7.26. The molecule has 0 unspecified atom stereocenters. The molecule has 6 heterocycles. The summed E-state index contributed by atoms with van der Waals surface area (Å²) in [7, 11) is 0. The molecule has 0 saturated heterocycles. The van der Waals surface area contributed by atoms with Gasteiger partial charge in [-0.15, -0.1) is 0 Å². The van der Waals surface area contributed by atoms with Crippen LogP contribution in [0.4, 0.5) is 0 Å². The number of hydrogen-bond donors (Lipinski definition) is 0. The molecule has 6 aromatic heterocycles. The summed E-state index contributed by atoms with van der Waals surface area (Å²) in [5, 5.41) is 32.0. The van der Waals surface area contributed by atoms with Crippen molar-refractivity contribution >= 4 is 130 Å². The highest BCUT2D eigenvalue weighted by atomic mass is 15.1. The molecule has 0 radical (unpaired) electrons. The van der Waals surface area contributed by atoms with E-state index in [2.05, 4.69) is 214 Å². The van der Waals surface area contributed by atoms with Gasteiger partial charge in [-0.3, -0.25) is 14.5 Å². The van der Waals surface area contributed by atoms with Crippen molar-refractivity contribution in [3.05, 3.63) is 231 Å². The van der Waals surface area contributed by atoms with E-state index >= 15 is 0 Å². The number of nitriles is 1. The number of nitrogens with zero attached hydrogens (tertiary/aromatic N) is 7. The predicted octanol–water partition coefficient (Wildman–Crippen LogP) is 17.6. The second-order valence-corrected chi connectivity index (χ2v) is 20.4. The Labute approximate surface area is 438 Å². The average molecular weight is 976 g/mol. The standard InChI is InChI=1S/C70H37N7/c71-37-51-67(75-53-27-11-23-46-49-26-14-34-73-66(49)50-25-13-30-56(75)64(50)61(46)53)58(39-15-3-1-4-16-39)69(76-54-28-9-22-45-43-32-35-72-38-52(43)47-24-12-29-55(76)62(47)60(45)54)59(40-17-5-2-6-18-40)68(51)77-57-31-10-21-44-41-19-7-8-20-42(41)48-33-36-74-70(77)65(48)63(44)57/h1-36,38H. The van der Waals surface area contributed by atoms with Crippen molar-refractivity contribution < 1.29 is 0 Å². The van der Waals surface area contributed by atoms with Crippen molar-refractivity contribution in [2.45, 2.75) is 0 Å². The zero-order chi connectivity index (χ0) is 50.2. The number of benzene rings is 12. The fraction of sp³-hybridized carbons (Fsp3) is 0. The molecule has 0 aliphatic rings. The molecular formula is C70H37N7. The van der Waals surface area contributed by atoms with Crippen LogP contribution in [0.25, 0.3) is 170 Å². The van der Waals surface area contributed by atoms with Gasteiger partial charge in [-0.1, -0.05) is 152 Å². The molecule has 0 aliphatic carbocycles. The number of pyridine rings is 3. The zero-order valence-electron chi connectivity index (χ0n) is 41.0. The number of rotatable bonds is 5. The van der Waals surface area contributed by atoms with Crippen LogP contribution in [0.5, 0.6) is 0 Å². The van der Waals surface area contributed by atoms with Gasteiger partial charge in [0.2, 0.25) is 0 Å². The Morgan fingerprint density at radius 2 is 0.740 bits per heavy atom. The molecule has 0 aliphatic heterocycles. The van der Waals surface area contributed by atoms with E-state index in [1.165, 1.54) is 21.5 Å². The third kappa shape index (κ3) is 5.02. The van der Waals surface area contributed by atoms with Gasteiger partial charge >= 0.3 is 0 Å². The fourth-order valence-electron chi connectivity index (χ4n) is 14.1. The molecule has 0 N–H and O–H groups in total. The van der Waals surface area contributed by atoms with Gasteiger partial charge in [0.1, 0.15) is 17.3 Å². The normalized spacial score (nSPS) is 12.4. The van der Waals surface area contributed by atoms with E-state index in [1.807, 2.05) is 30.9 Å². The van der Waals surface area contributed by atoms with E-state index in [1.54, 1.807) is 0 Å². The van der Waals surface area contributed by atoms with Crippen LogP contribution in [-0.4, -0.2) is 28.7 Å². The van der Waals surface area contributed by atoms with Crippen LogP contribution in [0.3, 0.4) is 0 Å². The minimum Gasteiger partial charge on any atom is -0.308 e. The number of fused-ring (bicyclic) bond motifs is 9. The van der Waals surface area contributed by atoms with Crippen molar-refractivity contribution in [2.75, 3.05) is 0 Å². The summed E-state index contributed by atoms with van der Waals surface area (Å²) >= 11 is 0.